The van der Waals surface area contributed by atoms with Crippen molar-refractivity contribution in [1.82, 2.24) is 4.98 Å². The molecule has 3 rings (SSSR count). The molecule has 1 aromatic heterocycles. The van der Waals surface area contributed by atoms with Crippen LogP contribution in [0.1, 0.15) is 12.5 Å². The van der Waals surface area contributed by atoms with Crippen molar-refractivity contribution in [2.24, 2.45) is 0 Å². The van der Waals surface area contributed by atoms with Crippen molar-refractivity contribution in [3.05, 3.63) is 58.4 Å². The number of esters is 1. The van der Waals surface area contributed by atoms with Crippen LogP contribution in [0.3, 0.4) is 0 Å². The molecule has 5 heteroatoms. The first-order valence-corrected chi connectivity index (χ1v) is 6.74. The van der Waals surface area contributed by atoms with Crippen molar-refractivity contribution in [1.29, 1.82) is 0 Å². The summed E-state index contributed by atoms with van der Waals surface area (Å²) in [4.78, 5) is 27.0. The van der Waals surface area contributed by atoms with Gasteiger partial charge in [0.25, 0.3) is 5.56 Å². The predicted molar refractivity (Wildman–Crippen MR) is 81.8 cm³/mol. The summed E-state index contributed by atoms with van der Waals surface area (Å²) in [6.45, 7) is 3.17. The molecule has 0 radical (unpaired) electrons. The maximum atomic E-state index is 12.1. The lowest BCUT2D eigenvalue weighted by Gasteiger charge is -2.07. The molecule has 5 nitrogen and oxygen atoms in total. The number of fused-ring (bicyclic) bond motifs is 1. The smallest absolute Gasteiger partial charge is 0.308 e. The van der Waals surface area contributed by atoms with E-state index >= 15 is 0 Å². The largest absolute Gasteiger partial charge is 0.437 e. The van der Waals surface area contributed by atoms with Gasteiger partial charge in [-0.1, -0.05) is 12.1 Å². The van der Waals surface area contributed by atoms with E-state index in [0.717, 1.165) is 5.56 Å². The fourth-order valence-electron chi connectivity index (χ4n) is 2.23. The molecule has 0 bridgehead atoms. The molecule has 0 fully saturated rings. The van der Waals surface area contributed by atoms with E-state index in [1.807, 2.05) is 6.92 Å². The summed E-state index contributed by atoms with van der Waals surface area (Å²) in [5, 5.41) is 0.445. The zero-order chi connectivity index (χ0) is 15.7. The number of ether oxygens (including phenoxy) is 1. The highest BCUT2D eigenvalue weighted by Crippen LogP contribution is 2.26. The third-order valence-electron chi connectivity index (χ3n) is 3.22. The second-order valence-corrected chi connectivity index (χ2v) is 4.89. The highest BCUT2D eigenvalue weighted by molar-refractivity contribution is 5.77. The van der Waals surface area contributed by atoms with E-state index in [1.54, 1.807) is 42.5 Å². The summed E-state index contributed by atoms with van der Waals surface area (Å²) < 4.78 is 10.7. The monoisotopic (exact) mass is 295 g/mol. The van der Waals surface area contributed by atoms with Crippen molar-refractivity contribution < 1.29 is 13.9 Å². The number of hydrogen-bond acceptors (Lipinski definition) is 5. The quantitative estimate of drug-likeness (QED) is 0.536. The molecule has 0 aliphatic carbocycles. The van der Waals surface area contributed by atoms with E-state index in [-0.39, 0.29) is 17.4 Å². The Labute approximate surface area is 126 Å². The van der Waals surface area contributed by atoms with Gasteiger partial charge in [-0.05, 0) is 42.8 Å². The maximum Gasteiger partial charge on any atom is 0.308 e. The number of aryl methyl sites for hydroxylation is 1. The summed E-state index contributed by atoms with van der Waals surface area (Å²) in [7, 11) is 0. The molecular weight excluding hydrogens is 282 g/mol. The topological polar surface area (TPSA) is 69.4 Å². The fraction of sp³-hybridized carbons (Fsp3) is 0.118. The number of para-hydroxylation sites is 1. The van der Waals surface area contributed by atoms with Crippen LogP contribution in [-0.2, 0) is 4.79 Å². The Bertz CT molecular complexity index is 927. The number of hydrogen-bond donors (Lipinski definition) is 0. The second kappa shape index (κ2) is 5.44. The minimum atomic E-state index is -0.387. The van der Waals surface area contributed by atoms with Crippen molar-refractivity contribution >= 4 is 16.9 Å². The molecule has 0 N–H and O–H groups in total. The van der Waals surface area contributed by atoms with Gasteiger partial charge in [-0.25, -0.2) is 0 Å². The third-order valence-corrected chi connectivity index (χ3v) is 3.22. The lowest BCUT2D eigenvalue weighted by molar-refractivity contribution is -0.131. The molecule has 0 saturated heterocycles. The molecule has 0 amide bonds. The van der Waals surface area contributed by atoms with Gasteiger partial charge in [0.2, 0.25) is 5.89 Å². The van der Waals surface area contributed by atoms with E-state index in [9.17, 15) is 9.59 Å². The van der Waals surface area contributed by atoms with Crippen molar-refractivity contribution in [2.75, 3.05) is 0 Å². The normalized spacial score (nSPS) is 10.6. The molecule has 0 unspecified atom stereocenters. The van der Waals surface area contributed by atoms with Gasteiger partial charge < -0.3 is 9.15 Å². The Balaban J connectivity index is 2.11. The molecule has 0 atom stereocenters. The van der Waals surface area contributed by atoms with Crippen LogP contribution in [0, 0.1) is 6.92 Å². The first-order valence-electron chi connectivity index (χ1n) is 6.74. The molecule has 2 aromatic carbocycles. The van der Waals surface area contributed by atoms with Gasteiger partial charge in [0, 0.05) is 12.5 Å². The number of aromatic nitrogens is 1. The van der Waals surface area contributed by atoms with Gasteiger partial charge >= 0.3 is 5.97 Å². The Morgan fingerprint density at radius 3 is 2.68 bits per heavy atom. The van der Waals surface area contributed by atoms with Crippen LogP contribution in [0.15, 0.2) is 51.7 Å². The van der Waals surface area contributed by atoms with Crippen LogP contribution >= 0.6 is 0 Å². The van der Waals surface area contributed by atoms with Crippen LogP contribution in [0.4, 0.5) is 0 Å². The minimum Gasteiger partial charge on any atom is -0.437 e. The highest BCUT2D eigenvalue weighted by Gasteiger charge is 2.11. The van der Waals surface area contributed by atoms with E-state index in [2.05, 4.69) is 4.98 Å². The SMILES string of the molecule is CC(=O)Oc1ccc(-c2nc(=O)c3ccccc3o2)c(C)c1. The van der Waals surface area contributed by atoms with Crippen molar-refractivity contribution in [3.63, 3.8) is 0 Å². The molecule has 1 heterocycles. The number of nitrogens with zero attached hydrogens (tertiary/aromatic N) is 1. The summed E-state index contributed by atoms with van der Waals surface area (Å²) in [5.41, 5.74) is 1.63. The Hall–Kier alpha value is -2.95. The minimum absolute atomic E-state index is 0.246. The molecule has 0 aliphatic heterocycles. The molecule has 22 heavy (non-hydrogen) atoms. The number of benzene rings is 2. The van der Waals surface area contributed by atoms with Gasteiger partial charge in [0.05, 0.1) is 5.39 Å². The third kappa shape index (κ3) is 2.61. The Morgan fingerprint density at radius 2 is 1.95 bits per heavy atom. The maximum absolute atomic E-state index is 12.1. The first kappa shape index (κ1) is 14.0. The van der Waals surface area contributed by atoms with Crippen LogP contribution in [0.25, 0.3) is 22.4 Å². The van der Waals surface area contributed by atoms with Gasteiger partial charge in [0.15, 0.2) is 0 Å². The first-order chi connectivity index (χ1) is 10.5. The average Bonchev–Trinajstić information content (AvgIpc) is 2.46. The molecule has 0 saturated carbocycles. The van der Waals surface area contributed by atoms with E-state index in [1.165, 1.54) is 6.92 Å². The fourth-order valence-corrected chi connectivity index (χ4v) is 2.23. The second-order valence-electron chi connectivity index (χ2n) is 4.89. The van der Waals surface area contributed by atoms with Crippen LogP contribution in [0.2, 0.25) is 0 Å². The van der Waals surface area contributed by atoms with Gasteiger partial charge in [-0.2, -0.15) is 4.98 Å². The van der Waals surface area contributed by atoms with E-state index in [0.29, 0.717) is 22.3 Å². The Kier molecular flexibility index (Phi) is 3.47. The Morgan fingerprint density at radius 1 is 1.18 bits per heavy atom. The van der Waals surface area contributed by atoms with Crippen molar-refractivity contribution in [2.45, 2.75) is 13.8 Å². The van der Waals surface area contributed by atoms with Crippen LogP contribution < -0.4 is 10.3 Å². The molecule has 110 valence electrons. The number of carbonyl (C=O) groups is 1. The lowest BCUT2D eigenvalue weighted by atomic mass is 10.1. The predicted octanol–water partition coefficient (Wildman–Crippen LogP) is 3.09. The number of carbonyl (C=O) groups excluding carboxylic acids is 1. The molecular formula is C17H13NO4. The van der Waals surface area contributed by atoms with E-state index in [4.69, 9.17) is 9.15 Å². The summed E-state index contributed by atoms with van der Waals surface area (Å²) in [6, 6.07) is 12.0. The average molecular weight is 295 g/mol. The molecule has 0 spiro atoms. The van der Waals surface area contributed by atoms with Crippen LogP contribution in [-0.4, -0.2) is 11.0 Å². The molecule has 3 aromatic rings. The van der Waals surface area contributed by atoms with Gasteiger partial charge in [-0.3, -0.25) is 9.59 Å². The zero-order valence-corrected chi connectivity index (χ0v) is 12.1. The highest BCUT2D eigenvalue weighted by atomic mass is 16.5. The van der Waals surface area contributed by atoms with Gasteiger partial charge in [-0.15, -0.1) is 0 Å². The van der Waals surface area contributed by atoms with E-state index < -0.39 is 0 Å². The van der Waals surface area contributed by atoms with Crippen molar-refractivity contribution in [3.8, 4) is 17.2 Å². The standard InChI is InChI=1S/C17H13NO4/c1-10-9-12(21-11(2)19)7-8-13(10)17-18-16(20)14-5-3-4-6-15(14)22-17/h3-9H,1-2H3. The van der Waals surface area contributed by atoms with Gasteiger partial charge in [0.1, 0.15) is 11.3 Å². The summed E-state index contributed by atoms with van der Waals surface area (Å²) in [6.07, 6.45) is 0. The zero-order valence-electron chi connectivity index (χ0n) is 12.1. The molecule has 0 aliphatic rings. The summed E-state index contributed by atoms with van der Waals surface area (Å²) >= 11 is 0. The lowest BCUT2D eigenvalue weighted by Crippen LogP contribution is -2.07. The number of rotatable bonds is 2. The van der Waals surface area contributed by atoms with Crippen LogP contribution in [0.5, 0.6) is 5.75 Å². The summed E-state index contributed by atoms with van der Waals surface area (Å²) in [5.74, 6) is 0.301.